The third-order valence-electron chi connectivity index (χ3n) is 5.88. The Hall–Kier alpha value is -3.13. The van der Waals surface area contributed by atoms with Crippen LogP contribution in [0.4, 0.5) is 0 Å². The van der Waals surface area contributed by atoms with Crippen LogP contribution >= 0.6 is 11.6 Å². The molecule has 9 heteroatoms. The van der Waals surface area contributed by atoms with Gasteiger partial charge in [-0.3, -0.25) is 4.79 Å². The molecular weight excluding hydrogens is 416 g/mol. The molecule has 2 saturated heterocycles. The van der Waals surface area contributed by atoms with E-state index in [0.29, 0.717) is 34.6 Å². The standard InChI is InChI=1S/C22H21ClN6O2/c1-13-3-5-16(20-24-7-2-8-25-20)19(28-13)21(30)29-12-14-4-6-17(29)18(9-14)31-22-26-10-15(23)11-27-22/h2-3,5,7-8,10-11,14,17-18H,4,6,9,12H2,1H3. The van der Waals surface area contributed by atoms with Crippen molar-refractivity contribution in [1.82, 2.24) is 29.8 Å². The first-order chi connectivity index (χ1) is 15.1. The fourth-order valence-corrected chi connectivity index (χ4v) is 4.56. The quantitative estimate of drug-likeness (QED) is 0.618. The fraction of sp³-hybridized carbons (Fsp3) is 0.364. The number of nitrogens with zero attached hydrogens (tertiary/aromatic N) is 6. The monoisotopic (exact) mass is 436 g/mol. The summed E-state index contributed by atoms with van der Waals surface area (Å²) in [7, 11) is 0. The number of aryl methyl sites for hydroxylation is 1. The Balaban J connectivity index is 1.44. The van der Waals surface area contributed by atoms with Crippen molar-refractivity contribution in [1.29, 1.82) is 0 Å². The summed E-state index contributed by atoms with van der Waals surface area (Å²) in [6, 6.07) is 5.69. The number of rotatable bonds is 4. The van der Waals surface area contributed by atoms with Crippen LogP contribution in [0.5, 0.6) is 6.01 Å². The van der Waals surface area contributed by atoms with Crippen LogP contribution in [0.3, 0.4) is 0 Å². The fourth-order valence-electron chi connectivity index (χ4n) is 4.46. The molecule has 3 aromatic rings. The Bertz CT molecular complexity index is 1090. The molecule has 2 aliphatic heterocycles. The van der Waals surface area contributed by atoms with Crippen molar-refractivity contribution in [2.75, 3.05) is 6.54 Å². The van der Waals surface area contributed by atoms with E-state index in [9.17, 15) is 4.79 Å². The lowest BCUT2D eigenvalue weighted by molar-refractivity contribution is -0.0332. The summed E-state index contributed by atoms with van der Waals surface area (Å²) in [5, 5.41) is 0.454. The van der Waals surface area contributed by atoms with Gasteiger partial charge in [0.15, 0.2) is 5.82 Å². The number of piperidine rings is 2. The van der Waals surface area contributed by atoms with Crippen LogP contribution < -0.4 is 4.74 Å². The van der Waals surface area contributed by atoms with E-state index in [4.69, 9.17) is 16.3 Å². The third kappa shape index (κ3) is 3.95. The highest BCUT2D eigenvalue weighted by Gasteiger charge is 2.45. The number of ether oxygens (including phenoxy) is 1. The van der Waals surface area contributed by atoms with Gasteiger partial charge in [0.25, 0.3) is 5.91 Å². The Morgan fingerprint density at radius 3 is 2.65 bits per heavy atom. The number of pyridine rings is 1. The normalized spacial score (nSPS) is 22.4. The minimum absolute atomic E-state index is 0.0661. The lowest BCUT2D eigenvalue weighted by atomic mass is 9.77. The lowest BCUT2D eigenvalue weighted by Gasteiger charge is -2.49. The molecule has 0 spiro atoms. The van der Waals surface area contributed by atoms with Crippen LogP contribution in [0.25, 0.3) is 11.4 Å². The van der Waals surface area contributed by atoms with Gasteiger partial charge in [-0.1, -0.05) is 11.6 Å². The second-order valence-corrected chi connectivity index (χ2v) is 8.40. The molecule has 3 aliphatic rings. The topological polar surface area (TPSA) is 94.0 Å². The lowest BCUT2D eigenvalue weighted by Crippen LogP contribution is -2.59. The Morgan fingerprint density at radius 2 is 1.90 bits per heavy atom. The SMILES string of the molecule is Cc1ccc(-c2ncccn2)c(C(=O)N2CC3CCC2C(Oc2ncc(Cl)cn2)C3)n1. The van der Waals surface area contributed by atoms with Gasteiger partial charge in [0.05, 0.1) is 29.0 Å². The molecule has 8 nitrogen and oxygen atoms in total. The van der Waals surface area contributed by atoms with Gasteiger partial charge in [0.2, 0.25) is 0 Å². The van der Waals surface area contributed by atoms with Crippen LogP contribution in [0, 0.1) is 12.8 Å². The minimum Gasteiger partial charge on any atom is -0.458 e. The molecule has 0 aromatic carbocycles. The predicted molar refractivity (Wildman–Crippen MR) is 114 cm³/mol. The Morgan fingerprint density at radius 1 is 1.13 bits per heavy atom. The molecule has 0 N–H and O–H groups in total. The van der Waals surface area contributed by atoms with Crippen LogP contribution in [0.1, 0.15) is 35.4 Å². The molecule has 1 saturated carbocycles. The van der Waals surface area contributed by atoms with Crippen LogP contribution in [-0.2, 0) is 0 Å². The highest BCUT2D eigenvalue weighted by molar-refractivity contribution is 6.30. The summed E-state index contributed by atoms with van der Waals surface area (Å²) in [6.07, 6.45) is 9.00. The van der Waals surface area contributed by atoms with Crippen molar-refractivity contribution in [3.05, 3.63) is 59.4 Å². The van der Waals surface area contributed by atoms with Gasteiger partial charge in [0, 0.05) is 24.6 Å². The molecule has 1 amide bonds. The minimum atomic E-state index is -0.168. The van der Waals surface area contributed by atoms with Gasteiger partial charge in [-0.2, -0.15) is 0 Å². The van der Waals surface area contributed by atoms with Crippen molar-refractivity contribution >= 4 is 17.5 Å². The van der Waals surface area contributed by atoms with E-state index in [0.717, 1.165) is 25.0 Å². The zero-order valence-electron chi connectivity index (χ0n) is 17.0. The van der Waals surface area contributed by atoms with Crippen molar-refractivity contribution < 1.29 is 9.53 Å². The maximum absolute atomic E-state index is 13.7. The van der Waals surface area contributed by atoms with Crippen LogP contribution in [-0.4, -0.2) is 54.4 Å². The Kier molecular flexibility index (Phi) is 5.23. The molecule has 0 radical (unpaired) electrons. The molecule has 3 fully saturated rings. The number of aromatic nitrogens is 5. The van der Waals surface area contributed by atoms with Gasteiger partial charge in [0.1, 0.15) is 11.8 Å². The third-order valence-corrected chi connectivity index (χ3v) is 6.07. The number of amides is 1. The molecule has 3 aromatic heterocycles. The van der Waals surface area contributed by atoms with Crippen LogP contribution in [0.15, 0.2) is 43.0 Å². The van der Waals surface area contributed by atoms with Crippen molar-refractivity contribution in [3.8, 4) is 17.4 Å². The highest BCUT2D eigenvalue weighted by atomic mass is 35.5. The summed E-state index contributed by atoms with van der Waals surface area (Å²) in [4.78, 5) is 37.1. The number of carbonyl (C=O) groups excluding carboxylic acids is 1. The summed E-state index contributed by atoms with van der Waals surface area (Å²) in [5.41, 5.74) is 1.78. The average Bonchev–Trinajstić information content (AvgIpc) is 2.81. The van der Waals surface area contributed by atoms with E-state index in [2.05, 4.69) is 24.9 Å². The summed E-state index contributed by atoms with van der Waals surface area (Å²) < 4.78 is 6.08. The van der Waals surface area contributed by atoms with Crippen molar-refractivity contribution in [2.45, 2.75) is 38.3 Å². The van der Waals surface area contributed by atoms with E-state index in [-0.39, 0.29) is 24.1 Å². The number of hydrogen-bond donors (Lipinski definition) is 0. The van der Waals surface area contributed by atoms with Crippen molar-refractivity contribution in [2.24, 2.45) is 5.92 Å². The van der Waals surface area contributed by atoms with E-state index in [1.807, 2.05) is 24.0 Å². The smallest absolute Gasteiger partial charge is 0.316 e. The molecule has 31 heavy (non-hydrogen) atoms. The van der Waals surface area contributed by atoms with Crippen molar-refractivity contribution in [3.63, 3.8) is 0 Å². The number of carbonyl (C=O) groups is 1. The molecular formula is C22H21ClN6O2. The molecule has 6 rings (SSSR count). The average molecular weight is 437 g/mol. The molecule has 5 heterocycles. The summed E-state index contributed by atoms with van der Waals surface area (Å²) in [5.74, 6) is 0.738. The largest absolute Gasteiger partial charge is 0.458 e. The van der Waals surface area contributed by atoms with Gasteiger partial charge in [-0.25, -0.2) is 24.9 Å². The summed E-state index contributed by atoms with van der Waals surface area (Å²) >= 11 is 5.88. The molecule has 158 valence electrons. The zero-order chi connectivity index (χ0) is 21.4. The van der Waals surface area contributed by atoms with E-state index in [1.54, 1.807) is 18.5 Å². The molecule has 3 atom stereocenters. The predicted octanol–water partition coefficient (Wildman–Crippen LogP) is 3.36. The van der Waals surface area contributed by atoms with E-state index >= 15 is 0 Å². The maximum Gasteiger partial charge on any atom is 0.316 e. The first-order valence-electron chi connectivity index (χ1n) is 10.3. The van der Waals surface area contributed by atoms with E-state index < -0.39 is 0 Å². The highest BCUT2D eigenvalue weighted by Crippen LogP contribution is 2.38. The van der Waals surface area contributed by atoms with Gasteiger partial charge >= 0.3 is 6.01 Å². The second kappa shape index (κ2) is 8.19. The van der Waals surface area contributed by atoms with Gasteiger partial charge in [-0.15, -0.1) is 0 Å². The van der Waals surface area contributed by atoms with Crippen LogP contribution in [0.2, 0.25) is 5.02 Å². The maximum atomic E-state index is 13.7. The zero-order valence-corrected chi connectivity index (χ0v) is 17.7. The number of fused-ring (bicyclic) bond motifs is 3. The Labute approximate surface area is 184 Å². The first-order valence-corrected chi connectivity index (χ1v) is 10.7. The molecule has 1 aliphatic carbocycles. The molecule has 2 bridgehead atoms. The summed E-state index contributed by atoms with van der Waals surface area (Å²) in [6.45, 7) is 2.56. The number of halogens is 1. The second-order valence-electron chi connectivity index (χ2n) is 7.97. The van der Waals surface area contributed by atoms with Gasteiger partial charge < -0.3 is 9.64 Å². The van der Waals surface area contributed by atoms with Gasteiger partial charge in [-0.05, 0) is 50.3 Å². The van der Waals surface area contributed by atoms with E-state index in [1.165, 1.54) is 12.4 Å². The molecule has 3 unspecified atom stereocenters. The first kappa shape index (κ1) is 19.8. The number of hydrogen-bond acceptors (Lipinski definition) is 7.